The Morgan fingerprint density at radius 1 is 1.27 bits per heavy atom. The number of nitrogens with two attached hydrogens (primary N) is 1. The molecule has 1 heterocycles. The second-order valence-electron chi connectivity index (χ2n) is 5.63. The van der Waals surface area contributed by atoms with Gasteiger partial charge in [-0.25, -0.2) is 13.6 Å². The molecule has 0 aliphatic carbocycles. The number of hydrogen-bond donors (Lipinski definition) is 2. The average Bonchev–Trinajstić information content (AvgIpc) is 3.07. The SMILES string of the molecule is C[C@@H](OC(=O)CCCc1cccs1)C(=O)Nc1cccc(S(N)(=O)=O)c1. The van der Waals surface area contributed by atoms with E-state index in [1.165, 1.54) is 36.1 Å². The summed E-state index contributed by atoms with van der Waals surface area (Å²) < 4.78 is 27.8. The Morgan fingerprint density at radius 2 is 2.04 bits per heavy atom. The van der Waals surface area contributed by atoms with Crippen LogP contribution in [0.25, 0.3) is 0 Å². The van der Waals surface area contributed by atoms with Crippen LogP contribution in [0, 0.1) is 0 Å². The van der Waals surface area contributed by atoms with Crippen molar-refractivity contribution < 1.29 is 22.7 Å². The quantitative estimate of drug-likeness (QED) is 0.664. The third-order valence-electron chi connectivity index (χ3n) is 3.49. The van der Waals surface area contributed by atoms with Gasteiger partial charge in [-0.2, -0.15) is 0 Å². The van der Waals surface area contributed by atoms with E-state index in [1.807, 2.05) is 17.5 Å². The van der Waals surface area contributed by atoms with Gasteiger partial charge in [0.2, 0.25) is 10.0 Å². The minimum atomic E-state index is -3.87. The number of rotatable bonds is 8. The molecule has 0 saturated carbocycles. The Morgan fingerprint density at radius 3 is 2.69 bits per heavy atom. The first-order chi connectivity index (χ1) is 12.3. The summed E-state index contributed by atoms with van der Waals surface area (Å²) in [7, 11) is -3.87. The van der Waals surface area contributed by atoms with Gasteiger partial charge in [-0.1, -0.05) is 12.1 Å². The van der Waals surface area contributed by atoms with Gasteiger partial charge in [0.05, 0.1) is 4.90 Å². The van der Waals surface area contributed by atoms with Gasteiger partial charge in [-0.3, -0.25) is 9.59 Å². The van der Waals surface area contributed by atoms with Crippen LogP contribution in [0.5, 0.6) is 0 Å². The Kier molecular flexibility index (Phi) is 6.90. The van der Waals surface area contributed by atoms with Crippen LogP contribution in [0.2, 0.25) is 0 Å². The Balaban J connectivity index is 1.82. The van der Waals surface area contributed by atoms with E-state index in [9.17, 15) is 18.0 Å². The van der Waals surface area contributed by atoms with Gasteiger partial charge in [0.25, 0.3) is 5.91 Å². The van der Waals surface area contributed by atoms with Gasteiger partial charge >= 0.3 is 5.97 Å². The lowest BCUT2D eigenvalue weighted by atomic mass is 10.2. The number of anilines is 1. The number of amides is 1. The van der Waals surface area contributed by atoms with Crippen molar-refractivity contribution in [2.24, 2.45) is 5.14 Å². The van der Waals surface area contributed by atoms with Gasteiger partial charge in [0.1, 0.15) is 0 Å². The van der Waals surface area contributed by atoms with Crippen LogP contribution in [-0.4, -0.2) is 26.4 Å². The molecule has 2 aromatic rings. The van der Waals surface area contributed by atoms with Gasteiger partial charge in [0, 0.05) is 17.0 Å². The number of carbonyl (C=O) groups is 2. The van der Waals surface area contributed by atoms with E-state index in [2.05, 4.69) is 5.32 Å². The van der Waals surface area contributed by atoms with Crippen molar-refractivity contribution >= 4 is 38.9 Å². The second kappa shape index (κ2) is 8.93. The summed E-state index contributed by atoms with van der Waals surface area (Å²) in [5, 5.41) is 9.54. The van der Waals surface area contributed by atoms with Crippen molar-refractivity contribution in [1.82, 2.24) is 0 Å². The molecule has 140 valence electrons. The number of esters is 1. The normalized spacial score (nSPS) is 12.4. The second-order valence-corrected chi connectivity index (χ2v) is 8.22. The van der Waals surface area contributed by atoms with Crippen LogP contribution in [-0.2, 0) is 30.8 Å². The molecule has 0 spiro atoms. The molecule has 0 radical (unpaired) electrons. The monoisotopic (exact) mass is 396 g/mol. The van der Waals surface area contributed by atoms with E-state index in [0.717, 1.165) is 6.42 Å². The summed E-state index contributed by atoms with van der Waals surface area (Å²) in [4.78, 5) is 25.0. The lowest BCUT2D eigenvalue weighted by Crippen LogP contribution is -2.30. The maximum Gasteiger partial charge on any atom is 0.306 e. The molecule has 1 amide bonds. The first-order valence-electron chi connectivity index (χ1n) is 7.91. The number of nitrogens with one attached hydrogen (secondary N) is 1. The van der Waals surface area contributed by atoms with Crippen LogP contribution in [0.15, 0.2) is 46.7 Å². The van der Waals surface area contributed by atoms with E-state index >= 15 is 0 Å². The smallest absolute Gasteiger partial charge is 0.306 e. The lowest BCUT2D eigenvalue weighted by molar-refractivity contribution is -0.153. The molecule has 0 unspecified atom stereocenters. The van der Waals surface area contributed by atoms with Crippen LogP contribution < -0.4 is 10.5 Å². The zero-order valence-corrected chi connectivity index (χ0v) is 15.8. The highest BCUT2D eigenvalue weighted by Crippen LogP contribution is 2.15. The molecule has 9 heteroatoms. The van der Waals surface area contributed by atoms with Crippen molar-refractivity contribution in [3.8, 4) is 0 Å². The fourth-order valence-electron chi connectivity index (χ4n) is 2.17. The molecule has 0 aliphatic rings. The number of thiophene rings is 1. The third kappa shape index (κ3) is 6.25. The van der Waals surface area contributed by atoms with Crippen LogP contribution in [0.1, 0.15) is 24.6 Å². The van der Waals surface area contributed by atoms with Crippen molar-refractivity contribution in [1.29, 1.82) is 0 Å². The Hall–Kier alpha value is -2.23. The van der Waals surface area contributed by atoms with Gasteiger partial charge in [0.15, 0.2) is 6.10 Å². The van der Waals surface area contributed by atoms with E-state index in [-0.39, 0.29) is 17.0 Å². The molecule has 0 aliphatic heterocycles. The maximum absolute atomic E-state index is 12.1. The van der Waals surface area contributed by atoms with E-state index in [0.29, 0.717) is 6.42 Å². The number of ether oxygens (including phenoxy) is 1. The van der Waals surface area contributed by atoms with E-state index < -0.39 is 28.0 Å². The average molecular weight is 396 g/mol. The highest BCUT2D eigenvalue weighted by Gasteiger charge is 2.18. The van der Waals surface area contributed by atoms with Crippen molar-refractivity contribution in [3.05, 3.63) is 46.7 Å². The molecule has 1 aromatic carbocycles. The maximum atomic E-state index is 12.1. The molecule has 0 bridgehead atoms. The van der Waals surface area contributed by atoms with Gasteiger partial charge < -0.3 is 10.1 Å². The number of carbonyl (C=O) groups excluding carboxylic acids is 2. The topological polar surface area (TPSA) is 116 Å². The van der Waals surface area contributed by atoms with Crippen LogP contribution in [0.3, 0.4) is 0 Å². The summed E-state index contributed by atoms with van der Waals surface area (Å²) in [6.45, 7) is 1.45. The molecule has 0 saturated heterocycles. The first-order valence-corrected chi connectivity index (χ1v) is 10.3. The summed E-state index contributed by atoms with van der Waals surface area (Å²) in [6, 6.07) is 9.49. The number of benzene rings is 1. The molecule has 1 atom stereocenters. The van der Waals surface area contributed by atoms with E-state index in [4.69, 9.17) is 9.88 Å². The largest absolute Gasteiger partial charge is 0.453 e. The number of aryl methyl sites for hydroxylation is 1. The zero-order valence-electron chi connectivity index (χ0n) is 14.2. The van der Waals surface area contributed by atoms with Crippen LogP contribution in [0.4, 0.5) is 5.69 Å². The molecule has 3 N–H and O–H groups in total. The lowest BCUT2D eigenvalue weighted by Gasteiger charge is -2.14. The number of hydrogen-bond acceptors (Lipinski definition) is 6. The van der Waals surface area contributed by atoms with E-state index in [1.54, 1.807) is 11.3 Å². The fraction of sp³-hybridized carbons (Fsp3) is 0.294. The molecular formula is C17H20N2O5S2. The Bertz CT molecular complexity index is 863. The molecule has 0 fully saturated rings. The summed E-state index contributed by atoms with van der Waals surface area (Å²) in [5.41, 5.74) is 0.252. The summed E-state index contributed by atoms with van der Waals surface area (Å²) in [5.74, 6) is -1.01. The predicted molar refractivity (Wildman–Crippen MR) is 99.3 cm³/mol. The molecular weight excluding hydrogens is 376 g/mol. The minimum Gasteiger partial charge on any atom is -0.453 e. The molecule has 7 nitrogen and oxygen atoms in total. The molecule has 1 aromatic heterocycles. The fourth-order valence-corrected chi connectivity index (χ4v) is 3.48. The van der Waals surface area contributed by atoms with Crippen molar-refractivity contribution in [3.63, 3.8) is 0 Å². The number of sulfonamides is 1. The first kappa shape index (κ1) is 20.1. The zero-order chi connectivity index (χ0) is 19.2. The Labute approximate surface area is 156 Å². The standard InChI is InChI=1S/C17H20N2O5S2/c1-12(24-16(20)9-3-6-14-7-4-10-25-14)17(21)19-13-5-2-8-15(11-13)26(18,22)23/h2,4-5,7-8,10-12H,3,6,9H2,1H3,(H,19,21)(H2,18,22,23)/t12-/m1/s1. The minimum absolute atomic E-state index is 0.117. The molecule has 2 rings (SSSR count). The molecule has 26 heavy (non-hydrogen) atoms. The van der Waals surface area contributed by atoms with Crippen molar-refractivity contribution in [2.45, 2.75) is 37.2 Å². The van der Waals surface area contributed by atoms with Gasteiger partial charge in [-0.05, 0) is 49.4 Å². The summed E-state index contributed by atoms with van der Waals surface area (Å²) in [6.07, 6.45) is 0.649. The predicted octanol–water partition coefficient (Wildman–Crippen LogP) is 2.29. The van der Waals surface area contributed by atoms with Crippen LogP contribution >= 0.6 is 11.3 Å². The van der Waals surface area contributed by atoms with Gasteiger partial charge in [-0.15, -0.1) is 11.3 Å². The highest BCUT2D eigenvalue weighted by atomic mass is 32.2. The van der Waals surface area contributed by atoms with Crippen molar-refractivity contribution in [2.75, 3.05) is 5.32 Å². The summed E-state index contributed by atoms with van der Waals surface area (Å²) >= 11 is 1.63. The number of primary sulfonamides is 1. The third-order valence-corrected chi connectivity index (χ3v) is 5.34. The highest BCUT2D eigenvalue weighted by molar-refractivity contribution is 7.89.